The number of benzene rings is 1. The van der Waals surface area contributed by atoms with Crippen LogP contribution in [0.5, 0.6) is 0 Å². The van der Waals surface area contributed by atoms with Gasteiger partial charge in [-0.3, -0.25) is 19.1 Å². The van der Waals surface area contributed by atoms with Crippen molar-refractivity contribution in [2.24, 2.45) is 13.0 Å². The molecule has 1 saturated heterocycles. The Balaban J connectivity index is 1.36. The monoisotopic (exact) mass is 406 g/mol. The smallest absolute Gasteiger partial charge is 0.345 e. The van der Waals surface area contributed by atoms with Crippen LogP contribution in [0.25, 0.3) is 11.4 Å². The Morgan fingerprint density at radius 1 is 1.17 bits per heavy atom. The molecule has 0 saturated carbocycles. The van der Waals surface area contributed by atoms with Crippen LogP contribution < -0.4 is 15.9 Å². The van der Waals surface area contributed by atoms with Crippen molar-refractivity contribution in [3.63, 3.8) is 0 Å². The van der Waals surface area contributed by atoms with Crippen molar-refractivity contribution >= 4 is 17.5 Å². The number of carbonyl (C=O) groups is 2. The van der Waals surface area contributed by atoms with Crippen molar-refractivity contribution in [3.8, 4) is 11.4 Å². The minimum atomic E-state index is -0.413. The Labute approximate surface area is 173 Å². The van der Waals surface area contributed by atoms with E-state index in [0.29, 0.717) is 12.4 Å². The van der Waals surface area contributed by atoms with E-state index in [4.69, 9.17) is 0 Å². The van der Waals surface area contributed by atoms with Crippen LogP contribution in [0.2, 0.25) is 0 Å². The minimum Gasteiger partial charge on any atom is -0.354 e. The average molecular weight is 406 g/mol. The number of para-hydroxylation sites is 1. The predicted octanol–water partition coefficient (Wildman–Crippen LogP) is 0.813. The van der Waals surface area contributed by atoms with Gasteiger partial charge in [0.05, 0.1) is 12.5 Å². The summed E-state index contributed by atoms with van der Waals surface area (Å²) < 4.78 is 2.77. The molecule has 30 heavy (non-hydrogen) atoms. The Bertz CT molecular complexity index is 1110. The van der Waals surface area contributed by atoms with Crippen LogP contribution in [0.4, 0.5) is 5.69 Å². The Morgan fingerprint density at radius 2 is 1.97 bits per heavy atom. The van der Waals surface area contributed by atoms with Crippen molar-refractivity contribution in [2.45, 2.75) is 13.0 Å². The van der Waals surface area contributed by atoms with Crippen molar-refractivity contribution in [1.82, 2.24) is 24.6 Å². The van der Waals surface area contributed by atoms with E-state index in [1.54, 1.807) is 30.4 Å². The SMILES string of the molecule is Cn1c(-c2cccnc2)nn(CCNC(=O)C2CC(=O)N(c3ccccc3)C2)c1=O. The molecule has 1 aliphatic heterocycles. The third kappa shape index (κ3) is 3.86. The molecule has 2 aromatic heterocycles. The lowest BCUT2D eigenvalue weighted by Crippen LogP contribution is -2.36. The fourth-order valence-corrected chi connectivity index (χ4v) is 3.55. The summed E-state index contributed by atoms with van der Waals surface area (Å²) in [7, 11) is 1.65. The van der Waals surface area contributed by atoms with Gasteiger partial charge in [0.2, 0.25) is 11.8 Å². The predicted molar refractivity (Wildman–Crippen MR) is 111 cm³/mol. The molecule has 154 valence electrons. The van der Waals surface area contributed by atoms with Crippen molar-refractivity contribution in [1.29, 1.82) is 0 Å². The molecule has 1 atom stereocenters. The fraction of sp³-hybridized carbons (Fsp3) is 0.286. The fourth-order valence-electron chi connectivity index (χ4n) is 3.55. The molecule has 4 rings (SSSR count). The van der Waals surface area contributed by atoms with Gasteiger partial charge >= 0.3 is 5.69 Å². The molecule has 3 aromatic rings. The first-order valence-electron chi connectivity index (χ1n) is 9.72. The molecule has 0 aliphatic carbocycles. The summed E-state index contributed by atoms with van der Waals surface area (Å²) in [6.45, 7) is 0.837. The number of amides is 2. The van der Waals surface area contributed by atoms with Crippen LogP contribution in [0.1, 0.15) is 6.42 Å². The molecule has 2 amide bonds. The Hall–Kier alpha value is -3.75. The maximum Gasteiger partial charge on any atom is 0.345 e. The van der Waals surface area contributed by atoms with Crippen LogP contribution in [-0.4, -0.2) is 44.2 Å². The zero-order chi connectivity index (χ0) is 21.1. The van der Waals surface area contributed by atoms with Gasteiger partial charge in [-0.25, -0.2) is 9.48 Å². The van der Waals surface area contributed by atoms with Gasteiger partial charge in [0.15, 0.2) is 5.82 Å². The maximum atomic E-state index is 12.5. The summed E-state index contributed by atoms with van der Waals surface area (Å²) in [6, 6.07) is 12.9. The first-order chi connectivity index (χ1) is 14.5. The molecule has 1 aromatic carbocycles. The lowest BCUT2D eigenvalue weighted by molar-refractivity contribution is -0.126. The number of carbonyl (C=O) groups excluding carboxylic acids is 2. The summed E-state index contributed by atoms with van der Waals surface area (Å²) in [5.41, 5.74) is 1.26. The van der Waals surface area contributed by atoms with Gasteiger partial charge in [-0.2, -0.15) is 0 Å². The van der Waals surface area contributed by atoms with Gasteiger partial charge in [0, 0.05) is 50.2 Å². The number of pyridine rings is 1. The Kier molecular flexibility index (Phi) is 5.42. The second-order valence-electron chi connectivity index (χ2n) is 7.16. The molecule has 1 aliphatic rings. The quantitative estimate of drug-likeness (QED) is 0.653. The molecule has 0 bridgehead atoms. The Morgan fingerprint density at radius 3 is 2.70 bits per heavy atom. The highest BCUT2D eigenvalue weighted by Gasteiger charge is 2.34. The van der Waals surface area contributed by atoms with E-state index in [1.165, 1.54) is 9.25 Å². The third-order valence-corrected chi connectivity index (χ3v) is 5.15. The molecule has 9 nitrogen and oxygen atoms in total. The number of anilines is 1. The average Bonchev–Trinajstić information content (AvgIpc) is 3.30. The van der Waals surface area contributed by atoms with Gasteiger partial charge in [0.25, 0.3) is 0 Å². The number of hydrogen-bond acceptors (Lipinski definition) is 5. The van der Waals surface area contributed by atoms with Gasteiger partial charge in [-0.15, -0.1) is 5.10 Å². The van der Waals surface area contributed by atoms with Crippen molar-refractivity contribution in [2.75, 3.05) is 18.0 Å². The number of nitrogens with zero attached hydrogens (tertiary/aromatic N) is 5. The molecule has 3 heterocycles. The second-order valence-corrected chi connectivity index (χ2v) is 7.16. The zero-order valence-electron chi connectivity index (χ0n) is 16.6. The van der Waals surface area contributed by atoms with Crippen LogP contribution in [0.3, 0.4) is 0 Å². The molecule has 1 unspecified atom stereocenters. The highest BCUT2D eigenvalue weighted by Crippen LogP contribution is 2.24. The zero-order valence-corrected chi connectivity index (χ0v) is 16.6. The molecule has 9 heteroatoms. The molecular weight excluding hydrogens is 384 g/mol. The van der Waals surface area contributed by atoms with E-state index in [0.717, 1.165) is 11.3 Å². The summed E-state index contributed by atoms with van der Waals surface area (Å²) in [5, 5.41) is 7.17. The van der Waals surface area contributed by atoms with E-state index in [1.807, 2.05) is 36.4 Å². The van der Waals surface area contributed by atoms with E-state index in [-0.39, 0.29) is 37.0 Å². The lowest BCUT2D eigenvalue weighted by atomic mass is 10.1. The largest absolute Gasteiger partial charge is 0.354 e. The first kappa shape index (κ1) is 19.6. The minimum absolute atomic E-state index is 0.0663. The molecular formula is C21H22N6O3. The summed E-state index contributed by atoms with van der Waals surface area (Å²) in [6.07, 6.45) is 3.47. The van der Waals surface area contributed by atoms with Crippen molar-refractivity contribution < 1.29 is 9.59 Å². The van der Waals surface area contributed by atoms with E-state index < -0.39 is 5.92 Å². The number of nitrogens with one attached hydrogen (secondary N) is 1. The highest BCUT2D eigenvalue weighted by molar-refractivity contribution is 6.00. The van der Waals surface area contributed by atoms with E-state index >= 15 is 0 Å². The summed E-state index contributed by atoms with van der Waals surface area (Å²) in [4.78, 5) is 42.9. The molecule has 1 N–H and O–H groups in total. The van der Waals surface area contributed by atoms with Crippen molar-refractivity contribution in [3.05, 3.63) is 65.3 Å². The standard InChI is InChI=1S/C21H22N6O3/c1-25-19(15-6-5-9-22-13-15)24-27(21(25)30)11-10-23-20(29)16-12-18(28)26(14-16)17-7-3-2-4-8-17/h2-9,13,16H,10-12,14H2,1H3,(H,23,29). The summed E-state index contributed by atoms with van der Waals surface area (Å²) in [5.74, 6) is -0.162. The third-order valence-electron chi connectivity index (χ3n) is 5.15. The molecule has 0 radical (unpaired) electrons. The lowest BCUT2D eigenvalue weighted by Gasteiger charge is -2.16. The topological polar surface area (TPSA) is 102 Å². The van der Waals surface area contributed by atoms with Crippen LogP contribution in [0.15, 0.2) is 59.7 Å². The number of aromatic nitrogens is 4. The van der Waals surface area contributed by atoms with Crippen LogP contribution in [-0.2, 0) is 23.2 Å². The van der Waals surface area contributed by atoms with Gasteiger partial charge in [-0.1, -0.05) is 18.2 Å². The molecule has 0 spiro atoms. The van der Waals surface area contributed by atoms with Crippen LogP contribution >= 0.6 is 0 Å². The summed E-state index contributed by atoms with van der Waals surface area (Å²) >= 11 is 0. The number of hydrogen-bond donors (Lipinski definition) is 1. The van der Waals surface area contributed by atoms with Gasteiger partial charge in [0.1, 0.15) is 0 Å². The van der Waals surface area contributed by atoms with Gasteiger partial charge < -0.3 is 10.2 Å². The first-order valence-corrected chi connectivity index (χ1v) is 9.72. The van der Waals surface area contributed by atoms with Crippen LogP contribution in [0, 0.1) is 5.92 Å². The highest BCUT2D eigenvalue weighted by atomic mass is 16.2. The number of rotatable bonds is 6. The molecule has 1 fully saturated rings. The van der Waals surface area contributed by atoms with E-state index in [9.17, 15) is 14.4 Å². The van der Waals surface area contributed by atoms with Gasteiger partial charge in [-0.05, 0) is 24.3 Å². The maximum absolute atomic E-state index is 12.5. The van der Waals surface area contributed by atoms with E-state index in [2.05, 4.69) is 15.4 Å². The normalized spacial score (nSPS) is 16.1. The second kappa shape index (κ2) is 8.32.